The van der Waals surface area contributed by atoms with Crippen molar-refractivity contribution in [3.05, 3.63) is 41.9 Å². The minimum absolute atomic E-state index is 0.0553. The Hall–Kier alpha value is -2.81. The van der Waals surface area contributed by atoms with E-state index in [1.54, 1.807) is 0 Å². The van der Waals surface area contributed by atoms with Crippen molar-refractivity contribution in [3.8, 4) is 5.75 Å². The zero-order valence-corrected chi connectivity index (χ0v) is 17.4. The van der Waals surface area contributed by atoms with Crippen molar-refractivity contribution in [2.45, 2.75) is 33.3 Å². The van der Waals surface area contributed by atoms with Gasteiger partial charge in [-0.15, -0.1) is 0 Å². The minimum Gasteiger partial charge on any atom is -0.435 e. The summed E-state index contributed by atoms with van der Waals surface area (Å²) in [5, 5.41) is 2.78. The fourth-order valence-electron chi connectivity index (χ4n) is 3.25. The smallest absolute Gasteiger partial charge is 0.387 e. The second-order valence-corrected chi connectivity index (χ2v) is 7.59. The number of alkyl halides is 2. The predicted molar refractivity (Wildman–Crippen MR) is 111 cm³/mol. The molecule has 0 radical (unpaired) electrons. The summed E-state index contributed by atoms with van der Waals surface area (Å²) in [4.78, 5) is 25.8. The molecule has 0 aliphatic carbocycles. The summed E-state index contributed by atoms with van der Waals surface area (Å²) in [6.45, 7) is 6.58. The van der Waals surface area contributed by atoms with Crippen LogP contribution in [0.25, 0.3) is 0 Å². The number of anilines is 2. The number of hydrogen-bond acceptors (Lipinski definition) is 6. The Labute approximate surface area is 175 Å². The molecule has 30 heavy (non-hydrogen) atoms. The first-order valence-corrected chi connectivity index (χ1v) is 9.98. The maximum Gasteiger partial charge on any atom is 0.387 e. The zero-order chi connectivity index (χ0) is 21.7. The van der Waals surface area contributed by atoms with E-state index in [1.807, 2.05) is 13.0 Å². The molecule has 1 aromatic carbocycles. The molecular weight excluding hydrogens is 392 g/mol. The molecule has 1 fully saturated rings. The van der Waals surface area contributed by atoms with Crippen molar-refractivity contribution in [2.24, 2.45) is 0 Å². The summed E-state index contributed by atoms with van der Waals surface area (Å²) in [6.07, 6.45) is 0. The van der Waals surface area contributed by atoms with Crippen LogP contribution in [0.1, 0.15) is 31.3 Å². The molecule has 1 aromatic heterocycles. The zero-order valence-electron chi connectivity index (χ0n) is 17.4. The number of rotatable bonds is 7. The second kappa shape index (κ2) is 9.80. The molecule has 2 heterocycles. The third-order valence-corrected chi connectivity index (χ3v) is 4.80. The van der Waals surface area contributed by atoms with Gasteiger partial charge < -0.3 is 15.0 Å². The molecular formula is C21H27F2N5O2. The van der Waals surface area contributed by atoms with Gasteiger partial charge in [0, 0.05) is 49.5 Å². The first-order valence-electron chi connectivity index (χ1n) is 9.98. The van der Waals surface area contributed by atoms with Gasteiger partial charge in [0.1, 0.15) is 17.4 Å². The molecule has 1 N–H and O–H groups in total. The number of ether oxygens (including phenoxy) is 1. The predicted octanol–water partition coefficient (Wildman–Crippen LogP) is 3.27. The lowest BCUT2D eigenvalue weighted by atomic mass is 10.2. The number of piperazine rings is 1. The number of amides is 1. The van der Waals surface area contributed by atoms with Crippen LogP contribution in [-0.2, 0) is 4.79 Å². The van der Waals surface area contributed by atoms with Gasteiger partial charge in [0.15, 0.2) is 0 Å². The molecule has 9 heteroatoms. The van der Waals surface area contributed by atoms with Gasteiger partial charge in [0.05, 0.1) is 6.54 Å². The Bertz CT molecular complexity index is 853. The molecule has 0 unspecified atom stereocenters. The lowest BCUT2D eigenvalue weighted by molar-refractivity contribution is -0.117. The van der Waals surface area contributed by atoms with Crippen LogP contribution in [0.3, 0.4) is 0 Å². The Morgan fingerprint density at radius 3 is 2.40 bits per heavy atom. The highest BCUT2D eigenvalue weighted by Gasteiger charge is 2.21. The van der Waals surface area contributed by atoms with Crippen molar-refractivity contribution < 1.29 is 18.3 Å². The van der Waals surface area contributed by atoms with Crippen LogP contribution >= 0.6 is 0 Å². The van der Waals surface area contributed by atoms with E-state index in [4.69, 9.17) is 0 Å². The minimum atomic E-state index is -2.87. The van der Waals surface area contributed by atoms with E-state index in [0.29, 0.717) is 5.69 Å². The number of nitrogens with zero attached hydrogens (tertiary/aromatic N) is 4. The highest BCUT2D eigenvalue weighted by atomic mass is 19.3. The van der Waals surface area contributed by atoms with E-state index in [0.717, 1.165) is 43.5 Å². The van der Waals surface area contributed by atoms with Gasteiger partial charge in [0.2, 0.25) is 5.91 Å². The quantitative estimate of drug-likeness (QED) is 0.743. The molecule has 7 nitrogen and oxygen atoms in total. The monoisotopic (exact) mass is 419 g/mol. The molecule has 0 atom stereocenters. The number of hydrogen-bond donors (Lipinski definition) is 1. The summed E-state index contributed by atoms with van der Waals surface area (Å²) < 4.78 is 28.7. The first-order chi connectivity index (χ1) is 14.3. The van der Waals surface area contributed by atoms with Crippen molar-refractivity contribution in [1.29, 1.82) is 0 Å². The number of carbonyl (C=O) groups excluding carboxylic acids is 1. The molecule has 1 saturated heterocycles. The second-order valence-electron chi connectivity index (χ2n) is 7.59. The maximum atomic E-state index is 12.3. The fourth-order valence-corrected chi connectivity index (χ4v) is 3.25. The van der Waals surface area contributed by atoms with Crippen molar-refractivity contribution in [3.63, 3.8) is 0 Å². The van der Waals surface area contributed by atoms with E-state index >= 15 is 0 Å². The Morgan fingerprint density at radius 2 is 1.80 bits per heavy atom. The summed E-state index contributed by atoms with van der Waals surface area (Å²) >= 11 is 0. The lowest BCUT2D eigenvalue weighted by Gasteiger charge is -2.35. The van der Waals surface area contributed by atoms with Crippen LogP contribution < -0.4 is 15.0 Å². The van der Waals surface area contributed by atoms with Crippen LogP contribution in [0.5, 0.6) is 5.75 Å². The number of aromatic nitrogens is 2. The van der Waals surface area contributed by atoms with Gasteiger partial charge in [-0.1, -0.05) is 13.8 Å². The van der Waals surface area contributed by atoms with Crippen LogP contribution in [0.15, 0.2) is 30.3 Å². The molecule has 0 saturated carbocycles. The van der Waals surface area contributed by atoms with Gasteiger partial charge >= 0.3 is 6.61 Å². The van der Waals surface area contributed by atoms with E-state index in [9.17, 15) is 13.6 Å². The summed E-state index contributed by atoms with van der Waals surface area (Å²) in [5.74, 6) is 1.95. The fraction of sp³-hybridized carbons (Fsp3) is 0.476. The molecule has 1 aliphatic rings. The summed E-state index contributed by atoms with van der Waals surface area (Å²) in [7, 11) is 0. The Morgan fingerprint density at radius 1 is 1.13 bits per heavy atom. The molecule has 1 amide bonds. The van der Waals surface area contributed by atoms with Crippen LogP contribution in [0, 0.1) is 6.92 Å². The highest BCUT2D eigenvalue weighted by molar-refractivity contribution is 5.92. The molecule has 0 bridgehead atoms. The van der Waals surface area contributed by atoms with Gasteiger partial charge in [-0.25, -0.2) is 9.97 Å². The number of nitrogens with one attached hydrogen (secondary N) is 1. The third-order valence-electron chi connectivity index (χ3n) is 4.80. The highest BCUT2D eigenvalue weighted by Crippen LogP contribution is 2.20. The molecule has 1 aliphatic heterocycles. The van der Waals surface area contributed by atoms with E-state index in [-0.39, 0.29) is 24.1 Å². The van der Waals surface area contributed by atoms with Gasteiger partial charge in [0.25, 0.3) is 0 Å². The first kappa shape index (κ1) is 21.9. The van der Waals surface area contributed by atoms with Crippen LogP contribution in [0.2, 0.25) is 0 Å². The van der Waals surface area contributed by atoms with Gasteiger partial charge in [-0.2, -0.15) is 8.78 Å². The molecule has 3 rings (SSSR count). The molecule has 2 aromatic rings. The number of aryl methyl sites for hydroxylation is 1. The topological polar surface area (TPSA) is 70.6 Å². The van der Waals surface area contributed by atoms with E-state index in [1.165, 1.54) is 24.3 Å². The van der Waals surface area contributed by atoms with Crippen LogP contribution in [-0.4, -0.2) is 60.1 Å². The SMILES string of the molecule is Cc1cc(N2CCN(CC(=O)Nc3ccc(OC(F)F)cc3)CC2)nc(C(C)C)n1. The van der Waals surface area contributed by atoms with Gasteiger partial charge in [-0.3, -0.25) is 9.69 Å². The van der Waals surface area contributed by atoms with Crippen LogP contribution in [0.4, 0.5) is 20.3 Å². The normalized spacial score (nSPS) is 15.0. The standard InChI is InChI=1S/C21H27F2N5O2/c1-14(2)20-24-15(3)12-18(26-20)28-10-8-27(9-11-28)13-19(29)25-16-4-6-17(7-5-16)30-21(22)23/h4-7,12,14,21H,8-11,13H2,1-3H3,(H,25,29). The maximum absolute atomic E-state index is 12.3. The van der Waals surface area contributed by atoms with E-state index < -0.39 is 6.61 Å². The van der Waals surface area contributed by atoms with E-state index in [2.05, 4.69) is 43.7 Å². The Balaban J connectivity index is 1.49. The summed E-state index contributed by atoms with van der Waals surface area (Å²) in [6, 6.07) is 7.87. The largest absolute Gasteiger partial charge is 0.435 e. The van der Waals surface area contributed by atoms with Crippen molar-refractivity contribution in [2.75, 3.05) is 42.9 Å². The average Bonchev–Trinajstić information content (AvgIpc) is 2.69. The number of carbonyl (C=O) groups is 1. The average molecular weight is 419 g/mol. The molecule has 162 valence electrons. The van der Waals surface area contributed by atoms with Crippen molar-refractivity contribution >= 4 is 17.4 Å². The third kappa shape index (κ3) is 6.09. The lowest BCUT2D eigenvalue weighted by Crippen LogP contribution is -2.49. The Kier molecular flexibility index (Phi) is 7.15. The van der Waals surface area contributed by atoms with Crippen molar-refractivity contribution in [1.82, 2.24) is 14.9 Å². The summed E-state index contributed by atoms with van der Waals surface area (Å²) in [5.41, 5.74) is 1.49. The molecule has 0 spiro atoms. The number of benzene rings is 1. The van der Waals surface area contributed by atoms with Gasteiger partial charge in [-0.05, 0) is 31.2 Å². The number of halogens is 2.